The quantitative estimate of drug-likeness (QED) is 0.800. The van der Waals surface area contributed by atoms with Gasteiger partial charge in [-0.15, -0.1) is 0 Å². The van der Waals surface area contributed by atoms with Crippen LogP contribution in [0.15, 0.2) is 17.1 Å². The van der Waals surface area contributed by atoms with Crippen LogP contribution in [0.4, 0.5) is 0 Å². The van der Waals surface area contributed by atoms with Crippen molar-refractivity contribution >= 4 is 15.9 Å². The third-order valence-corrected chi connectivity index (χ3v) is 1.59. The van der Waals surface area contributed by atoms with Gasteiger partial charge in [0.15, 0.2) is 0 Å². The van der Waals surface area contributed by atoms with Crippen LogP contribution >= 0.6 is 15.9 Å². The number of hydrogen-bond donors (Lipinski definition) is 1. The second-order valence-electron chi connectivity index (χ2n) is 2.01. The standard InChI is InChI=1S/C6H9BrN2O/c7-6-4-9(5-8-6)2-1-3-10/h4-5,10H,1-3H2. The van der Waals surface area contributed by atoms with Gasteiger partial charge in [-0.1, -0.05) is 0 Å². The largest absolute Gasteiger partial charge is 0.396 e. The second kappa shape index (κ2) is 3.73. The van der Waals surface area contributed by atoms with Gasteiger partial charge in [-0.25, -0.2) is 4.98 Å². The molecule has 0 amide bonds. The van der Waals surface area contributed by atoms with E-state index < -0.39 is 0 Å². The Kier molecular flexibility index (Phi) is 2.89. The summed E-state index contributed by atoms with van der Waals surface area (Å²) in [6.07, 6.45) is 4.40. The van der Waals surface area contributed by atoms with Gasteiger partial charge in [0, 0.05) is 19.3 Å². The van der Waals surface area contributed by atoms with Crippen LogP contribution in [-0.4, -0.2) is 21.3 Å². The van der Waals surface area contributed by atoms with Gasteiger partial charge in [-0.2, -0.15) is 0 Å². The Hall–Kier alpha value is -0.350. The molecule has 0 fully saturated rings. The van der Waals surface area contributed by atoms with Gasteiger partial charge in [0.2, 0.25) is 0 Å². The Morgan fingerprint density at radius 3 is 3.00 bits per heavy atom. The molecule has 0 atom stereocenters. The van der Waals surface area contributed by atoms with E-state index in [9.17, 15) is 0 Å². The molecule has 0 radical (unpaired) electrons. The molecule has 1 N–H and O–H groups in total. The highest BCUT2D eigenvalue weighted by Crippen LogP contribution is 2.04. The van der Waals surface area contributed by atoms with Crippen molar-refractivity contribution in [1.82, 2.24) is 9.55 Å². The Bertz CT molecular complexity index is 199. The lowest BCUT2D eigenvalue weighted by Crippen LogP contribution is -1.96. The molecule has 1 heterocycles. The highest BCUT2D eigenvalue weighted by atomic mass is 79.9. The SMILES string of the molecule is OCCCn1cnc(Br)c1. The molecule has 10 heavy (non-hydrogen) atoms. The predicted octanol–water partition coefficient (Wildman–Crippen LogP) is 1.03. The summed E-state index contributed by atoms with van der Waals surface area (Å²) in [5.74, 6) is 0. The average molecular weight is 205 g/mol. The van der Waals surface area contributed by atoms with E-state index in [2.05, 4.69) is 20.9 Å². The molecule has 1 aromatic rings. The van der Waals surface area contributed by atoms with Crippen LogP contribution in [0.2, 0.25) is 0 Å². The van der Waals surface area contributed by atoms with E-state index in [1.807, 2.05) is 10.8 Å². The first-order valence-electron chi connectivity index (χ1n) is 3.11. The zero-order valence-electron chi connectivity index (χ0n) is 5.50. The molecule has 0 aliphatic heterocycles. The first-order valence-corrected chi connectivity index (χ1v) is 3.90. The Morgan fingerprint density at radius 1 is 1.70 bits per heavy atom. The third kappa shape index (κ3) is 2.11. The fourth-order valence-corrected chi connectivity index (χ4v) is 1.06. The first kappa shape index (κ1) is 7.75. The Labute approximate surface area is 67.8 Å². The van der Waals surface area contributed by atoms with Crippen molar-refractivity contribution in [3.05, 3.63) is 17.1 Å². The zero-order valence-corrected chi connectivity index (χ0v) is 7.08. The summed E-state index contributed by atoms with van der Waals surface area (Å²) in [5.41, 5.74) is 0. The number of aliphatic hydroxyl groups is 1. The van der Waals surface area contributed by atoms with E-state index in [1.54, 1.807) is 6.33 Å². The molecule has 0 aliphatic rings. The highest BCUT2D eigenvalue weighted by molar-refractivity contribution is 9.10. The van der Waals surface area contributed by atoms with E-state index in [0.717, 1.165) is 17.6 Å². The van der Waals surface area contributed by atoms with Crippen molar-refractivity contribution in [1.29, 1.82) is 0 Å². The maximum atomic E-state index is 8.49. The Morgan fingerprint density at radius 2 is 2.50 bits per heavy atom. The van der Waals surface area contributed by atoms with Gasteiger partial charge in [-0.05, 0) is 22.4 Å². The number of halogens is 1. The van der Waals surface area contributed by atoms with Crippen LogP contribution in [0, 0.1) is 0 Å². The summed E-state index contributed by atoms with van der Waals surface area (Å²) in [6.45, 7) is 1.06. The van der Waals surface area contributed by atoms with Gasteiger partial charge >= 0.3 is 0 Å². The molecule has 1 aromatic heterocycles. The number of aliphatic hydroxyl groups excluding tert-OH is 1. The molecule has 0 spiro atoms. The van der Waals surface area contributed by atoms with Crippen LogP contribution in [0.25, 0.3) is 0 Å². The van der Waals surface area contributed by atoms with Crippen molar-refractivity contribution < 1.29 is 5.11 Å². The van der Waals surface area contributed by atoms with Gasteiger partial charge < -0.3 is 9.67 Å². The lowest BCUT2D eigenvalue weighted by atomic mass is 10.4. The van der Waals surface area contributed by atoms with Crippen LogP contribution in [0.3, 0.4) is 0 Å². The van der Waals surface area contributed by atoms with E-state index >= 15 is 0 Å². The van der Waals surface area contributed by atoms with Crippen molar-refractivity contribution in [2.45, 2.75) is 13.0 Å². The number of nitrogens with zero attached hydrogens (tertiary/aromatic N) is 2. The topological polar surface area (TPSA) is 38.0 Å². The maximum Gasteiger partial charge on any atom is 0.124 e. The van der Waals surface area contributed by atoms with Crippen LogP contribution < -0.4 is 0 Å². The molecule has 0 aliphatic carbocycles. The maximum absolute atomic E-state index is 8.49. The van der Waals surface area contributed by atoms with Crippen molar-refractivity contribution in [3.63, 3.8) is 0 Å². The summed E-state index contributed by atoms with van der Waals surface area (Å²) in [7, 11) is 0. The van der Waals surface area contributed by atoms with Gasteiger partial charge in [0.25, 0.3) is 0 Å². The number of hydrogen-bond acceptors (Lipinski definition) is 2. The number of aromatic nitrogens is 2. The van der Waals surface area contributed by atoms with Crippen molar-refractivity contribution in [2.75, 3.05) is 6.61 Å². The molecule has 0 saturated heterocycles. The summed E-state index contributed by atoms with van der Waals surface area (Å²) >= 11 is 3.23. The van der Waals surface area contributed by atoms with Gasteiger partial charge in [0.1, 0.15) is 4.60 Å². The molecule has 56 valence electrons. The molecule has 0 aromatic carbocycles. The minimum atomic E-state index is 0.232. The normalized spacial score (nSPS) is 10.2. The third-order valence-electron chi connectivity index (χ3n) is 1.18. The minimum Gasteiger partial charge on any atom is -0.396 e. The van der Waals surface area contributed by atoms with E-state index in [1.165, 1.54) is 0 Å². The number of rotatable bonds is 3. The van der Waals surface area contributed by atoms with Gasteiger partial charge in [0.05, 0.1) is 6.33 Å². The second-order valence-corrected chi connectivity index (χ2v) is 2.82. The molecule has 0 unspecified atom stereocenters. The van der Waals surface area contributed by atoms with Crippen LogP contribution in [0.1, 0.15) is 6.42 Å². The van der Waals surface area contributed by atoms with E-state index in [-0.39, 0.29) is 6.61 Å². The first-order chi connectivity index (χ1) is 4.83. The predicted molar refractivity (Wildman–Crippen MR) is 41.6 cm³/mol. The molecule has 3 nitrogen and oxygen atoms in total. The minimum absolute atomic E-state index is 0.232. The van der Waals surface area contributed by atoms with E-state index in [4.69, 9.17) is 5.11 Å². The van der Waals surface area contributed by atoms with Gasteiger partial charge in [-0.3, -0.25) is 0 Å². The number of aryl methyl sites for hydroxylation is 1. The molecule has 0 saturated carbocycles. The molecular weight excluding hydrogens is 196 g/mol. The molecule has 1 rings (SSSR count). The number of imidazole rings is 1. The lowest BCUT2D eigenvalue weighted by Gasteiger charge is -1.96. The summed E-state index contributed by atoms with van der Waals surface area (Å²) in [5, 5.41) is 8.49. The molecular formula is C6H9BrN2O. The summed E-state index contributed by atoms with van der Waals surface area (Å²) in [6, 6.07) is 0. The highest BCUT2D eigenvalue weighted by Gasteiger charge is 1.92. The fraction of sp³-hybridized carbons (Fsp3) is 0.500. The smallest absolute Gasteiger partial charge is 0.124 e. The Balaban J connectivity index is 2.42. The van der Waals surface area contributed by atoms with Crippen LogP contribution in [0.5, 0.6) is 0 Å². The summed E-state index contributed by atoms with van der Waals surface area (Å²) in [4.78, 5) is 3.97. The summed E-state index contributed by atoms with van der Waals surface area (Å²) < 4.78 is 2.77. The zero-order chi connectivity index (χ0) is 7.40. The molecule has 4 heteroatoms. The average Bonchev–Trinajstić information content (AvgIpc) is 2.31. The fourth-order valence-electron chi connectivity index (χ4n) is 0.708. The van der Waals surface area contributed by atoms with Crippen LogP contribution in [-0.2, 0) is 6.54 Å². The van der Waals surface area contributed by atoms with E-state index in [0.29, 0.717) is 0 Å². The molecule has 0 bridgehead atoms. The van der Waals surface area contributed by atoms with Crippen molar-refractivity contribution in [3.8, 4) is 0 Å². The lowest BCUT2D eigenvalue weighted by molar-refractivity contribution is 0.280. The van der Waals surface area contributed by atoms with Crippen molar-refractivity contribution in [2.24, 2.45) is 0 Å². The monoisotopic (exact) mass is 204 g/mol.